The Kier molecular flexibility index (Phi) is 1.46. The van der Waals surface area contributed by atoms with E-state index in [2.05, 4.69) is 21.5 Å². The van der Waals surface area contributed by atoms with Crippen LogP contribution in [-0.4, -0.2) is 15.3 Å². The molecule has 1 aromatic carbocycles. The molecule has 2 heterocycles. The zero-order valence-electron chi connectivity index (χ0n) is 8.73. The minimum absolute atomic E-state index is 0.259. The number of aliphatic imine (C=N–C) groups is 1. The summed E-state index contributed by atoms with van der Waals surface area (Å²) in [6, 6.07) is 6.04. The summed E-state index contributed by atoms with van der Waals surface area (Å²) in [6.07, 6.45) is 0. The van der Waals surface area contributed by atoms with E-state index >= 15 is 0 Å². The minimum atomic E-state index is 0.259. The molecule has 76 valence electrons. The van der Waals surface area contributed by atoms with Gasteiger partial charge in [-0.1, -0.05) is 6.07 Å². The molecular formula is C11H12N4. The van der Waals surface area contributed by atoms with Gasteiger partial charge in [-0.25, -0.2) is 9.98 Å². The smallest absolute Gasteiger partial charge is 0.231 e. The molecule has 0 bridgehead atoms. The number of nitrogen functional groups attached to an aromatic ring is 1. The fourth-order valence-electron chi connectivity index (χ4n) is 2.05. The summed E-state index contributed by atoms with van der Waals surface area (Å²) in [7, 11) is 0. The van der Waals surface area contributed by atoms with Crippen molar-refractivity contribution in [3.8, 4) is 0 Å². The number of aromatic nitrogens is 2. The number of hydrogen-bond acceptors (Lipinski definition) is 3. The minimum Gasteiger partial charge on any atom is -0.397 e. The van der Waals surface area contributed by atoms with Gasteiger partial charge in [0.15, 0.2) is 0 Å². The molecule has 1 aliphatic heterocycles. The van der Waals surface area contributed by atoms with Crippen LogP contribution >= 0.6 is 0 Å². The summed E-state index contributed by atoms with van der Waals surface area (Å²) >= 11 is 0. The zero-order valence-corrected chi connectivity index (χ0v) is 8.73. The van der Waals surface area contributed by atoms with Crippen LogP contribution in [0.5, 0.6) is 0 Å². The molecule has 4 nitrogen and oxygen atoms in total. The van der Waals surface area contributed by atoms with E-state index in [4.69, 9.17) is 5.73 Å². The average Bonchev–Trinajstić information content (AvgIpc) is 2.66. The Balaban J connectivity index is 2.43. The van der Waals surface area contributed by atoms with Crippen molar-refractivity contribution in [2.45, 2.75) is 19.9 Å². The van der Waals surface area contributed by atoms with E-state index in [-0.39, 0.29) is 6.04 Å². The highest BCUT2D eigenvalue weighted by molar-refractivity contribution is 5.97. The monoisotopic (exact) mass is 200 g/mol. The largest absolute Gasteiger partial charge is 0.397 e. The second kappa shape index (κ2) is 2.59. The number of nitrogens with two attached hydrogens (primary N) is 1. The zero-order chi connectivity index (χ0) is 10.6. The number of benzene rings is 1. The number of para-hydroxylation sites is 1. The molecular weight excluding hydrogens is 188 g/mol. The summed E-state index contributed by atoms with van der Waals surface area (Å²) in [5.41, 5.74) is 9.75. The standard InChI is InChI=1S/C11H12N4/c1-6-7(2)15-10-8(12)4-3-5-9(10)14-11(15)13-6/h3-5,7H,12H2,1-2H3. The van der Waals surface area contributed by atoms with Crippen LogP contribution in [0.15, 0.2) is 23.2 Å². The highest BCUT2D eigenvalue weighted by atomic mass is 15.2. The van der Waals surface area contributed by atoms with Crippen molar-refractivity contribution in [3.63, 3.8) is 0 Å². The Labute approximate surface area is 87.4 Å². The number of hydrogen-bond donors (Lipinski definition) is 1. The third kappa shape index (κ3) is 0.960. The molecule has 4 heteroatoms. The summed E-state index contributed by atoms with van der Waals surface area (Å²) in [5.74, 6) is 0.771. The topological polar surface area (TPSA) is 56.2 Å². The van der Waals surface area contributed by atoms with Crippen molar-refractivity contribution in [1.29, 1.82) is 0 Å². The maximum absolute atomic E-state index is 5.97. The van der Waals surface area contributed by atoms with Gasteiger partial charge in [0.25, 0.3) is 0 Å². The van der Waals surface area contributed by atoms with Crippen LogP contribution in [0.25, 0.3) is 11.0 Å². The highest BCUT2D eigenvalue weighted by Gasteiger charge is 2.24. The van der Waals surface area contributed by atoms with Crippen LogP contribution in [0.2, 0.25) is 0 Å². The van der Waals surface area contributed by atoms with Crippen LogP contribution in [-0.2, 0) is 0 Å². The number of fused-ring (bicyclic) bond motifs is 3. The molecule has 0 saturated heterocycles. The van der Waals surface area contributed by atoms with Gasteiger partial charge in [0.2, 0.25) is 5.95 Å². The van der Waals surface area contributed by atoms with Gasteiger partial charge in [0, 0.05) is 5.71 Å². The third-order valence-corrected chi connectivity index (χ3v) is 2.99. The summed E-state index contributed by atoms with van der Waals surface area (Å²) in [4.78, 5) is 8.87. The predicted molar refractivity (Wildman–Crippen MR) is 61.6 cm³/mol. The number of nitrogens with zero attached hydrogens (tertiary/aromatic N) is 3. The van der Waals surface area contributed by atoms with E-state index in [0.29, 0.717) is 0 Å². The molecule has 0 amide bonds. The first-order valence-electron chi connectivity index (χ1n) is 5.00. The van der Waals surface area contributed by atoms with E-state index < -0.39 is 0 Å². The van der Waals surface area contributed by atoms with Crippen LogP contribution in [0, 0.1) is 0 Å². The number of imidazole rings is 1. The van der Waals surface area contributed by atoms with Crippen LogP contribution in [0.4, 0.5) is 11.6 Å². The second-order valence-electron chi connectivity index (χ2n) is 3.93. The first kappa shape index (κ1) is 8.47. The van der Waals surface area contributed by atoms with Gasteiger partial charge in [-0.3, -0.25) is 4.57 Å². The predicted octanol–water partition coefficient (Wildman–Crippen LogP) is 2.29. The van der Waals surface area contributed by atoms with Gasteiger partial charge in [-0.15, -0.1) is 0 Å². The second-order valence-corrected chi connectivity index (χ2v) is 3.93. The quantitative estimate of drug-likeness (QED) is 0.663. The molecule has 3 rings (SSSR count). The molecule has 0 aliphatic carbocycles. The molecule has 1 aliphatic rings. The summed E-state index contributed by atoms with van der Waals surface area (Å²) in [5, 5.41) is 0. The van der Waals surface area contributed by atoms with E-state index in [1.165, 1.54) is 0 Å². The Hall–Kier alpha value is -1.84. The lowest BCUT2D eigenvalue weighted by molar-refractivity contribution is 0.751. The Morgan fingerprint density at radius 1 is 1.40 bits per heavy atom. The Bertz CT molecular complexity index is 580. The van der Waals surface area contributed by atoms with Crippen LogP contribution in [0.1, 0.15) is 19.9 Å². The van der Waals surface area contributed by atoms with Gasteiger partial charge in [0.05, 0.1) is 22.8 Å². The SMILES string of the molecule is CC1=Nc2nc3cccc(N)c3n2C1C. The van der Waals surface area contributed by atoms with Gasteiger partial charge in [-0.2, -0.15) is 0 Å². The van der Waals surface area contributed by atoms with E-state index in [0.717, 1.165) is 28.4 Å². The van der Waals surface area contributed by atoms with Crippen molar-refractivity contribution in [2.24, 2.45) is 4.99 Å². The van der Waals surface area contributed by atoms with E-state index in [1.54, 1.807) is 0 Å². The molecule has 1 aromatic heterocycles. The number of rotatable bonds is 0. The molecule has 0 saturated carbocycles. The van der Waals surface area contributed by atoms with Gasteiger partial charge >= 0.3 is 0 Å². The molecule has 1 atom stereocenters. The lowest BCUT2D eigenvalue weighted by Gasteiger charge is -2.09. The van der Waals surface area contributed by atoms with Crippen molar-refractivity contribution in [2.75, 3.05) is 5.73 Å². The summed E-state index contributed by atoms with van der Waals surface area (Å²) < 4.78 is 2.10. The van der Waals surface area contributed by atoms with Crippen molar-refractivity contribution in [3.05, 3.63) is 18.2 Å². The van der Waals surface area contributed by atoms with Crippen LogP contribution in [0.3, 0.4) is 0 Å². The van der Waals surface area contributed by atoms with E-state index in [9.17, 15) is 0 Å². The highest BCUT2D eigenvalue weighted by Crippen LogP contribution is 2.34. The maximum atomic E-state index is 5.97. The fraction of sp³-hybridized carbons (Fsp3) is 0.273. The molecule has 0 fully saturated rings. The lowest BCUT2D eigenvalue weighted by Crippen LogP contribution is -2.07. The van der Waals surface area contributed by atoms with Crippen molar-refractivity contribution >= 4 is 28.4 Å². The summed E-state index contributed by atoms with van der Waals surface area (Å²) in [6.45, 7) is 4.13. The molecule has 0 spiro atoms. The molecule has 2 N–H and O–H groups in total. The first-order chi connectivity index (χ1) is 7.18. The number of anilines is 1. The van der Waals surface area contributed by atoms with Crippen molar-refractivity contribution < 1.29 is 0 Å². The van der Waals surface area contributed by atoms with Gasteiger partial charge in [-0.05, 0) is 26.0 Å². The Morgan fingerprint density at radius 2 is 2.20 bits per heavy atom. The maximum Gasteiger partial charge on any atom is 0.231 e. The lowest BCUT2D eigenvalue weighted by atomic mass is 10.2. The van der Waals surface area contributed by atoms with Gasteiger partial charge in [0.1, 0.15) is 0 Å². The first-order valence-corrected chi connectivity index (χ1v) is 5.00. The Morgan fingerprint density at radius 3 is 3.00 bits per heavy atom. The average molecular weight is 200 g/mol. The van der Waals surface area contributed by atoms with Crippen LogP contribution < -0.4 is 5.73 Å². The third-order valence-electron chi connectivity index (χ3n) is 2.99. The fourth-order valence-corrected chi connectivity index (χ4v) is 2.05. The normalized spacial score (nSPS) is 19.3. The molecule has 0 radical (unpaired) electrons. The van der Waals surface area contributed by atoms with E-state index in [1.807, 2.05) is 25.1 Å². The van der Waals surface area contributed by atoms with Crippen molar-refractivity contribution in [1.82, 2.24) is 9.55 Å². The molecule has 2 aromatic rings. The molecule has 15 heavy (non-hydrogen) atoms. The molecule has 1 unspecified atom stereocenters. The van der Waals surface area contributed by atoms with Gasteiger partial charge < -0.3 is 5.73 Å².